The summed E-state index contributed by atoms with van der Waals surface area (Å²) < 4.78 is 11.2. The van der Waals surface area contributed by atoms with E-state index < -0.39 is 0 Å². The van der Waals surface area contributed by atoms with Crippen LogP contribution in [0, 0.1) is 0 Å². The van der Waals surface area contributed by atoms with E-state index in [4.69, 9.17) is 9.47 Å². The van der Waals surface area contributed by atoms with Crippen molar-refractivity contribution in [3.8, 4) is 11.5 Å². The highest BCUT2D eigenvalue weighted by molar-refractivity contribution is 5.92. The molecule has 30 heavy (non-hydrogen) atoms. The van der Waals surface area contributed by atoms with E-state index in [1.807, 2.05) is 32.7 Å². The lowest BCUT2D eigenvalue weighted by Gasteiger charge is -2.40. The van der Waals surface area contributed by atoms with Crippen molar-refractivity contribution in [3.63, 3.8) is 0 Å². The number of piperidine rings is 1. The Morgan fingerprint density at radius 3 is 2.33 bits per heavy atom. The first-order chi connectivity index (χ1) is 14.3. The molecule has 1 heterocycles. The van der Waals surface area contributed by atoms with Gasteiger partial charge >= 0.3 is 0 Å². The molecule has 2 N–H and O–H groups in total. The Morgan fingerprint density at radius 2 is 1.73 bits per heavy atom. The number of likely N-dealkylation sites (N-methyl/N-ethyl adjacent to an activating group) is 1. The van der Waals surface area contributed by atoms with Crippen LogP contribution in [0.2, 0.25) is 0 Å². The van der Waals surface area contributed by atoms with Crippen molar-refractivity contribution < 1.29 is 24.0 Å². The van der Waals surface area contributed by atoms with Gasteiger partial charge in [-0.15, -0.1) is 0 Å². The molecule has 1 unspecified atom stereocenters. The molecule has 1 aliphatic heterocycles. The molecule has 0 radical (unpaired) electrons. The third-order valence-electron chi connectivity index (χ3n) is 5.82. The monoisotopic (exact) mass is 420 g/mol. The van der Waals surface area contributed by atoms with E-state index in [0.717, 1.165) is 24.2 Å². The van der Waals surface area contributed by atoms with Crippen LogP contribution in [0.1, 0.15) is 53.9 Å². The van der Waals surface area contributed by atoms with Crippen LogP contribution in [-0.2, 0) is 9.59 Å². The summed E-state index contributed by atoms with van der Waals surface area (Å²) >= 11 is 0. The van der Waals surface area contributed by atoms with Gasteiger partial charge in [-0.25, -0.2) is 0 Å². The van der Waals surface area contributed by atoms with Gasteiger partial charge in [-0.2, -0.15) is 0 Å². The van der Waals surface area contributed by atoms with Gasteiger partial charge in [0.25, 0.3) is 11.8 Å². The van der Waals surface area contributed by atoms with Crippen LogP contribution < -0.4 is 19.7 Å². The minimum absolute atomic E-state index is 0.125. The molecular formula is C23H38N3O4+. The van der Waals surface area contributed by atoms with E-state index in [1.54, 1.807) is 18.2 Å². The zero-order chi connectivity index (χ0) is 22.3. The summed E-state index contributed by atoms with van der Waals surface area (Å²) in [4.78, 5) is 28.5. The standard InChI is InChI=1S/C23H37N3O4/c1-7-29-20-13-12-19(14-21(20)30-8-2)24-22(27)15-25(6)18(5)23(28)26-16(3)10-9-11-17(26)4/h12-14,16-18H,7-11,15H2,1-6H3,(H,24,27)/p+1/t16-,17+,18-/m1/s1. The van der Waals surface area contributed by atoms with Crippen molar-refractivity contribution in [1.82, 2.24) is 4.90 Å². The fourth-order valence-corrected chi connectivity index (χ4v) is 4.03. The summed E-state index contributed by atoms with van der Waals surface area (Å²) in [5, 5.41) is 2.91. The van der Waals surface area contributed by atoms with E-state index in [-0.39, 0.29) is 36.5 Å². The molecule has 4 atom stereocenters. The highest BCUT2D eigenvalue weighted by atomic mass is 16.5. The highest BCUT2D eigenvalue weighted by Gasteiger charge is 2.35. The summed E-state index contributed by atoms with van der Waals surface area (Å²) in [6, 6.07) is 5.60. The van der Waals surface area contributed by atoms with Crippen LogP contribution >= 0.6 is 0 Å². The van der Waals surface area contributed by atoms with Crippen molar-refractivity contribution in [3.05, 3.63) is 18.2 Å². The molecule has 1 fully saturated rings. The van der Waals surface area contributed by atoms with Gasteiger partial charge in [0.2, 0.25) is 0 Å². The number of quaternary nitrogens is 1. The highest BCUT2D eigenvalue weighted by Crippen LogP contribution is 2.30. The maximum atomic E-state index is 13.1. The van der Waals surface area contributed by atoms with Gasteiger partial charge in [0.1, 0.15) is 0 Å². The van der Waals surface area contributed by atoms with E-state index in [0.29, 0.717) is 30.4 Å². The first-order valence-electron chi connectivity index (χ1n) is 11.1. The molecule has 1 saturated heterocycles. The zero-order valence-corrected chi connectivity index (χ0v) is 19.3. The molecule has 2 rings (SSSR count). The molecule has 1 aliphatic rings. The topological polar surface area (TPSA) is 72.3 Å². The van der Waals surface area contributed by atoms with Crippen molar-refractivity contribution in [2.24, 2.45) is 0 Å². The molecule has 1 aromatic rings. The molecule has 0 aliphatic carbocycles. The smallest absolute Gasteiger partial charge is 0.281 e. The van der Waals surface area contributed by atoms with Gasteiger partial charge in [-0.05, 0) is 66.0 Å². The number of rotatable bonds is 9. The average molecular weight is 421 g/mol. The second-order valence-electron chi connectivity index (χ2n) is 8.19. The number of carbonyl (C=O) groups is 2. The summed E-state index contributed by atoms with van der Waals surface area (Å²) in [6.45, 7) is 11.2. The SMILES string of the molecule is CCOc1ccc(NC(=O)C[NH+](C)[C@H](C)C(=O)N2[C@H](C)CCC[C@@H]2C)cc1OCC. The summed E-state index contributed by atoms with van der Waals surface area (Å²) in [6.07, 6.45) is 3.25. The molecular weight excluding hydrogens is 382 g/mol. The maximum absolute atomic E-state index is 13.1. The Kier molecular flexibility index (Phi) is 8.96. The average Bonchev–Trinajstić information content (AvgIpc) is 2.69. The fraction of sp³-hybridized carbons (Fsp3) is 0.652. The number of carbonyl (C=O) groups excluding carboxylic acids is 2. The van der Waals surface area contributed by atoms with Crippen molar-refractivity contribution in [2.45, 2.75) is 72.0 Å². The first kappa shape index (κ1) is 24.0. The third-order valence-corrected chi connectivity index (χ3v) is 5.82. The Labute approximate surface area is 180 Å². The molecule has 0 bridgehead atoms. The molecule has 0 spiro atoms. The fourth-order valence-electron chi connectivity index (χ4n) is 4.03. The number of nitrogens with one attached hydrogen (secondary N) is 2. The maximum Gasteiger partial charge on any atom is 0.281 e. The lowest BCUT2D eigenvalue weighted by Crippen LogP contribution is -3.15. The normalized spacial score (nSPS) is 20.9. The zero-order valence-electron chi connectivity index (χ0n) is 19.3. The summed E-state index contributed by atoms with van der Waals surface area (Å²) in [7, 11) is 1.89. The number of ether oxygens (including phenoxy) is 2. The molecule has 2 amide bonds. The Morgan fingerprint density at radius 1 is 1.13 bits per heavy atom. The molecule has 0 aromatic heterocycles. The van der Waals surface area contributed by atoms with Crippen molar-refractivity contribution in [1.29, 1.82) is 0 Å². The van der Waals surface area contributed by atoms with E-state index in [2.05, 4.69) is 19.2 Å². The first-order valence-corrected chi connectivity index (χ1v) is 11.1. The lowest BCUT2D eigenvalue weighted by atomic mass is 9.96. The minimum Gasteiger partial charge on any atom is -0.490 e. The van der Waals surface area contributed by atoms with Crippen molar-refractivity contribution >= 4 is 17.5 Å². The number of hydrogen-bond acceptors (Lipinski definition) is 4. The van der Waals surface area contributed by atoms with Crippen LogP contribution in [0.15, 0.2) is 18.2 Å². The van der Waals surface area contributed by atoms with Gasteiger partial charge < -0.3 is 24.6 Å². The number of anilines is 1. The van der Waals surface area contributed by atoms with Crippen molar-refractivity contribution in [2.75, 3.05) is 32.1 Å². The molecule has 7 nitrogen and oxygen atoms in total. The third kappa shape index (κ3) is 6.11. The van der Waals surface area contributed by atoms with Crippen LogP contribution in [0.25, 0.3) is 0 Å². The number of likely N-dealkylation sites (tertiary alicyclic amines) is 1. The predicted molar refractivity (Wildman–Crippen MR) is 118 cm³/mol. The largest absolute Gasteiger partial charge is 0.490 e. The van der Waals surface area contributed by atoms with Gasteiger partial charge in [0, 0.05) is 23.8 Å². The number of amides is 2. The summed E-state index contributed by atoms with van der Waals surface area (Å²) in [5.74, 6) is 1.25. The van der Waals surface area contributed by atoms with Gasteiger partial charge in [0.05, 0.1) is 20.3 Å². The second-order valence-corrected chi connectivity index (χ2v) is 8.19. The van der Waals surface area contributed by atoms with Gasteiger partial charge in [-0.3, -0.25) is 9.59 Å². The van der Waals surface area contributed by atoms with Crippen LogP contribution in [0.3, 0.4) is 0 Å². The second kappa shape index (κ2) is 11.2. The minimum atomic E-state index is -0.280. The van der Waals surface area contributed by atoms with Crippen LogP contribution in [0.5, 0.6) is 11.5 Å². The predicted octanol–water partition coefficient (Wildman–Crippen LogP) is 2.12. The molecule has 7 heteroatoms. The molecule has 1 aromatic carbocycles. The Balaban J connectivity index is 1.98. The number of benzene rings is 1. The summed E-state index contributed by atoms with van der Waals surface area (Å²) in [5.41, 5.74) is 0.650. The number of hydrogen-bond donors (Lipinski definition) is 2. The van der Waals surface area contributed by atoms with E-state index in [1.165, 1.54) is 0 Å². The molecule has 0 saturated carbocycles. The lowest BCUT2D eigenvalue weighted by molar-refractivity contribution is -0.886. The Hall–Kier alpha value is -2.28. The quantitative estimate of drug-likeness (QED) is 0.642. The van der Waals surface area contributed by atoms with Crippen LogP contribution in [0.4, 0.5) is 5.69 Å². The Bertz CT molecular complexity index is 714. The van der Waals surface area contributed by atoms with Crippen LogP contribution in [-0.4, -0.2) is 61.6 Å². The number of nitrogens with zero attached hydrogens (tertiary/aromatic N) is 1. The molecule has 168 valence electrons. The van der Waals surface area contributed by atoms with E-state index in [9.17, 15) is 9.59 Å². The van der Waals surface area contributed by atoms with Gasteiger partial charge in [0.15, 0.2) is 24.1 Å². The van der Waals surface area contributed by atoms with E-state index >= 15 is 0 Å². The van der Waals surface area contributed by atoms with Gasteiger partial charge in [-0.1, -0.05) is 0 Å².